The van der Waals surface area contributed by atoms with Crippen LogP contribution in [0.1, 0.15) is 5.56 Å². The lowest BCUT2D eigenvalue weighted by Crippen LogP contribution is -1.96. The average Bonchev–Trinajstić information content (AvgIpc) is 2.96. The third kappa shape index (κ3) is 1.70. The van der Waals surface area contributed by atoms with Crippen molar-refractivity contribution in [1.82, 2.24) is 4.98 Å². The maximum absolute atomic E-state index is 3.46. The molecule has 3 heteroatoms. The second-order valence-corrected chi connectivity index (χ2v) is 4.63. The van der Waals surface area contributed by atoms with Crippen molar-refractivity contribution >= 4 is 27.1 Å². The fourth-order valence-corrected chi connectivity index (χ4v) is 2.70. The van der Waals surface area contributed by atoms with Gasteiger partial charge in [0.25, 0.3) is 0 Å². The summed E-state index contributed by atoms with van der Waals surface area (Å²) < 4.78 is 1.33. The van der Waals surface area contributed by atoms with Crippen LogP contribution in [-0.4, -0.2) is 4.98 Å². The number of aromatic nitrogens is 1. The molecule has 0 atom stereocenters. The van der Waals surface area contributed by atoms with E-state index in [-0.39, 0.29) is 0 Å². The molecule has 3 rings (SSSR count). The molecule has 2 N–H and O–H groups in total. The maximum Gasteiger partial charge on any atom is 0.0531 e. The third-order valence-electron chi connectivity index (χ3n) is 2.63. The van der Waals surface area contributed by atoms with Gasteiger partial charge in [0.2, 0.25) is 0 Å². The highest BCUT2D eigenvalue weighted by Gasteiger charge is 2.02. The van der Waals surface area contributed by atoms with Gasteiger partial charge >= 0.3 is 0 Å². The minimum absolute atomic E-state index is 0.865. The Kier molecular flexibility index (Phi) is 2.38. The third-order valence-corrected chi connectivity index (χ3v) is 3.59. The van der Waals surface area contributed by atoms with Crippen molar-refractivity contribution in [3.8, 4) is 0 Å². The fraction of sp³-hybridized carbons (Fsp3) is 0.0769. The molecule has 0 saturated heterocycles. The van der Waals surface area contributed by atoms with Gasteiger partial charge in [0, 0.05) is 34.4 Å². The van der Waals surface area contributed by atoms with Crippen molar-refractivity contribution in [3.63, 3.8) is 0 Å². The van der Waals surface area contributed by atoms with Crippen molar-refractivity contribution in [2.45, 2.75) is 6.54 Å². The van der Waals surface area contributed by atoms with E-state index in [9.17, 15) is 0 Å². The van der Waals surface area contributed by atoms with Crippen LogP contribution in [0.25, 0.3) is 10.1 Å². The lowest BCUT2D eigenvalue weighted by atomic mass is 10.2. The SMILES string of the molecule is c1ccc2c(NCc3cc[nH]c3)csc2c1. The van der Waals surface area contributed by atoms with Crippen molar-refractivity contribution < 1.29 is 0 Å². The first-order chi connectivity index (χ1) is 7.93. The topological polar surface area (TPSA) is 27.8 Å². The highest BCUT2D eigenvalue weighted by molar-refractivity contribution is 7.17. The van der Waals surface area contributed by atoms with Crippen LogP contribution >= 0.6 is 11.3 Å². The monoisotopic (exact) mass is 228 g/mol. The molecular weight excluding hydrogens is 216 g/mol. The van der Waals surface area contributed by atoms with Gasteiger partial charge < -0.3 is 10.3 Å². The second-order valence-electron chi connectivity index (χ2n) is 3.72. The number of nitrogens with one attached hydrogen (secondary N) is 2. The zero-order valence-electron chi connectivity index (χ0n) is 8.73. The lowest BCUT2D eigenvalue weighted by molar-refractivity contribution is 1.16. The molecule has 2 nitrogen and oxygen atoms in total. The molecule has 2 heterocycles. The summed E-state index contributed by atoms with van der Waals surface area (Å²) in [7, 11) is 0. The summed E-state index contributed by atoms with van der Waals surface area (Å²) in [5, 5.41) is 6.95. The van der Waals surface area contributed by atoms with Gasteiger partial charge in [-0.15, -0.1) is 11.3 Å². The molecule has 0 fully saturated rings. The predicted molar refractivity (Wildman–Crippen MR) is 69.9 cm³/mol. The molecule has 0 spiro atoms. The van der Waals surface area contributed by atoms with E-state index in [0.29, 0.717) is 0 Å². The van der Waals surface area contributed by atoms with Gasteiger partial charge in [0.1, 0.15) is 0 Å². The molecule has 0 aliphatic rings. The summed E-state index contributed by atoms with van der Waals surface area (Å²) >= 11 is 1.78. The van der Waals surface area contributed by atoms with E-state index in [2.05, 4.69) is 46.0 Å². The molecule has 3 aromatic rings. The minimum atomic E-state index is 0.865. The van der Waals surface area contributed by atoms with E-state index in [1.54, 1.807) is 11.3 Å². The van der Waals surface area contributed by atoms with E-state index >= 15 is 0 Å². The molecule has 0 aliphatic carbocycles. The van der Waals surface area contributed by atoms with E-state index in [1.165, 1.54) is 21.3 Å². The molecule has 1 aromatic carbocycles. The van der Waals surface area contributed by atoms with Crippen LogP contribution < -0.4 is 5.32 Å². The van der Waals surface area contributed by atoms with Crippen LogP contribution in [0, 0.1) is 0 Å². The van der Waals surface area contributed by atoms with Gasteiger partial charge in [-0.1, -0.05) is 18.2 Å². The second kappa shape index (κ2) is 4.02. The zero-order valence-corrected chi connectivity index (χ0v) is 9.55. The van der Waals surface area contributed by atoms with E-state index in [1.807, 2.05) is 12.4 Å². The number of rotatable bonds is 3. The Bertz CT molecular complexity index is 581. The van der Waals surface area contributed by atoms with Crippen molar-refractivity contribution in [3.05, 3.63) is 53.7 Å². The summed E-state index contributed by atoms with van der Waals surface area (Å²) in [6.45, 7) is 0.865. The molecule has 0 radical (unpaired) electrons. The Morgan fingerprint density at radius 1 is 1.19 bits per heavy atom. The molecule has 0 unspecified atom stereocenters. The summed E-state index contributed by atoms with van der Waals surface area (Å²) in [5.41, 5.74) is 2.50. The van der Waals surface area contributed by atoms with Gasteiger partial charge in [-0.05, 0) is 17.7 Å². The number of hydrogen-bond acceptors (Lipinski definition) is 2. The van der Waals surface area contributed by atoms with Crippen molar-refractivity contribution in [1.29, 1.82) is 0 Å². The number of H-pyrrole nitrogens is 1. The van der Waals surface area contributed by atoms with E-state index in [0.717, 1.165) is 6.54 Å². The molecule has 0 amide bonds. The largest absolute Gasteiger partial charge is 0.380 e. The van der Waals surface area contributed by atoms with Crippen LogP contribution in [0.2, 0.25) is 0 Å². The van der Waals surface area contributed by atoms with E-state index in [4.69, 9.17) is 0 Å². The van der Waals surface area contributed by atoms with Crippen LogP contribution in [0.3, 0.4) is 0 Å². The molecule has 16 heavy (non-hydrogen) atoms. The Hall–Kier alpha value is -1.74. The van der Waals surface area contributed by atoms with Gasteiger partial charge in [-0.25, -0.2) is 0 Å². The number of fused-ring (bicyclic) bond motifs is 1. The van der Waals surface area contributed by atoms with Gasteiger partial charge in [-0.2, -0.15) is 0 Å². The number of thiophene rings is 1. The summed E-state index contributed by atoms with van der Waals surface area (Å²) in [6.07, 6.45) is 3.96. The predicted octanol–water partition coefficient (Wildman–Crippen LogP) is 3.84. The smallest absolute Gasteiger partial charge is 0.0531 e. The fourth-order valence-electron chi connectivity index (χ4n) is 1.78. The van der Waals surface area contributed by atoms with E-state index < -0.39 is 0 Å². The van der Waals surface area contributed by atoms with Crippen LogP contribution in [0.4, 0.5) is 5.69 Å². The van der Waals surface area contributed by atoms with Crippen LogP contribution in [0.5, 0.6) is 0 Å². The average molecular weight is 228 g/mol. The Morgan fingerprint density at radius 3 is 3.00 bits per heavy atom. The molecular formula is C13H12N2S. The Morgan fingerprint density at radius 2 is 2.12 bits per heavy atom. The molecule has 80 valence electrons. The highest BCUT2D eigenvalue weighted by atomic mass is 32.1. The first kappa shape index (κ1) is 9.48. The molecule has 0 aliphatic heterocycles. The maximum atomic E-state index is 3.46. The number of aromatic amines is 1. The highest BCUT2D eigenvalue weighted by Crippen LogP contribution is 2.29. The van der Waals surface area contributed by atoms with Gasteiger partial charge in [-0.3, -0.25) is 0 Å². The molecule has 2 aromatic heterocycles. The Labute approximate surface area is 97.9 Å². The van der Waals surface area contributed by atoms with Gasteiger partial charge in [0.15, 0.2) is 0 Å². The summed E-state index contributed by atoms with van der Waals surface area (Å²) in [4.78, 5) is 3.06. The van der Waals surface area contributed by atoms with Gasteiger partial charge in [0.05, 0.1) is 5.69 Å². The normalized spacial score (nSPS) is 10.8. The van der Waals surface area contributed by atoms with Crippen molar-refractivity contribution in [2.75, 3.05) is 5.32 Å². The van der Waals surface area contributed by atoms with Crippen LogP contribution in [0.15, 0.2) is 48.1 Å². The standard InChI is InChI=1S/C13H12N2S/c1-2-4-13-11(3-1)12(9-16-13)15-8-10-5-6-14-7-10/h1-7,9,14-15H,8H2. The first-order valence-corrected chi connectivity index (χ1v) is 6.13. The molecule has 0 saturated carbocycles. The number of benzene rings is 1. The number of hydrogen-bond donors (Lipinski definition) is 2. The quantitative estimate of drug-likeness (QED) is 0.700. The molecule has 0 bridgehead atoms. The van der Waals surface area contributed by atoms with Crippen molar-refractivity contribution in [2.24, 2.45) is 0 Å². The lowest BCUT2D eigenvalue weighted by Gasteiger charge is -2.02. The number of anilines is 1. The summed E-state index contributed by atoms with van der Waals surface area (Å²) in [5.74, 6) is 0. The summed E-state index contributed by atoms with van der Waals surface area (Å²) in [6, 6.07) is 10.6. The van der Waals surface area contributed by atoms with Crippen LogP contribution in [-0.2, 0) is 6.54 Å². The minimum Gasteiger partial charge on any atom is -0.380 e. The Balaban J connectivity index is 1.84. The first-order valence-electron chi connectivity index (χ1n) is 5.25. The zero-order chi connectivity index (χ0) is 10.8.